The van der Waals surface area contributed by atoms with Crippen LogP contribution in [0, 0.1) is 0 Å². The minimum absolute atomic E-state index is 0.0799. The average molecular weight is 243 g/mol. The van der Waals surface area contributed by atoms with Gasteiger partial charge in [-0.05, 0) is 40.8 Å². The molecule has 0 bridgehead atoms. The van der Waals surface area contributed by atoms with E-state index in [1.807, 2.05) is 27.8 Å². The normalized spacial score (nSPS) is 13.8. The fourth-order valence-electron chi connectivity index (χ4n) is 1.69. The SMILES string of the molecule is CCCCN(C)C(CN)CC(=O)NC(C)(C)C. The Bertz CT molecular complexity index is 223. The number of hydrogen-bond acceptors (Lipinski definition) is 3. The first-order valence-electron chi connectivity index (χ1n) is 6.51. The zero-order valence-electron chi connectivity index (χ0n) is 12.0. The monoisotopic (exact) mass is 243 g/mol. The molecule has 0 rings (SSSR count). The van der Waals surface area contributed by atoms with E-state index in [1.54, 1.807) is 0 Å². The van der Waals surface area contributed by atoms with E-state index < -0.39 is 0 Å². The van der Waals surface area contributed by atoms with E-state index in [0.717, 1.165) is 19.4 Å². The first kappa shape index (κ1) is 16.4. The number of nitrogens with one attached hydrogen (secondary N) is 1. The number of carbonyl (C=O) groups is 1. The Morgan fingerprint density at radius 1 is 1.41 bits per heavy atom. The predicted molar refractivity (Wildman–Crippen MR) is 72.9 cm³/mol. The molecule has 0 aliphatic rings. The van der Waals surface area contributed by atoms with Gasteiger partial charge in [0.15, 0.2) is 0 Å². The third kappa shape index (κ3) is 8.16. The van der Waals surface area contributed by atoms with Crippen LogP contribution >= 0.6 is 0 Å². The summed E-state index contributed by atoms with van der Waals surface area (Å²) in [5, 5.41) is 2.97. The van der Waals surface area contributed by atoms with Crippen LogP contribution in [0.15, 0.2) is 0 Å². The highest BCUT2D eigenvalue weighted by Crippen LogP contribution is 2.05. The highest BCUT2D eigenvalue weighted by Gasteiger charge is 2.20. The van der Waals surface area contributed by atoms with Crippen LogP contribution in [0.1, 0.15) is 47.0 Å². The second-order valence-electron chi connectivity index (χ2n) is 5.73. The summed E-state index contributed by atoms with van der Waals surface area (Å²) in [6.07, 6.45) is 2.79. The van der Waals surface area contributed by atoms with Crippen molar-refractivity contribution in [2.24, 2.45) is 5.73 Å². The summed E-state index contributed by atoms with van der Waals surface area (Å²) in [5.41, 5.74) is 5.57. The van der Waals surface area contributed by atoms with Gasteiger partial charge in [-0.25, -0.2) is 0 Å². The lowest BCUT2D eigenvalue weighted by Crippen LogP contribution is -2.46. The molecule has 102 valence electrons. The molecule has 3 N–H and O–H groups in total. The lowest BCUT2D eigenvalue weighted by molar-refractivity contribution is -0.123. The summed E-state index contributed by atoms with van der Waals surface area (Å²) in [4.78, 5) is 14.0. The quantitative estimate of drug-likeness (QED) is 0.709. The number of unbranched alkanes of at least 4 members (excludes halogenated alkanes) is 1. The summed E-state index contributed by atoms with van der Waals surface area (Å²) in [7, 11) is 2.04. The lowest BCUT2D eigenvalue weighted by atomic mass is 10.1. The zero-order valence-corrected chi connectivity index (χ0v) is 12.0. The Hall–Kier alpha value is -0.610. The maximum Gasteiger partial charge on any atom is 0.222 e. The molecule has 0 aliphatic heterocycles. The highest BCUT2D eigenvalue weighted by molar-refractivity contribution is 5.77. The first-order valence-corrected chi connectivity index (χ1v) is 6.51. The smallest absolute Gasteiger partial charge is 0.222 e. The number of amides is 1. The molecule has 0 saturated heterocycles. The minimum Gasteiger partial charge on any atom is -0.351 e. The Morgan fingerprint density at radius 2 is 2.00 bits per heavy atom. The van der Waals surface area contributed by atoms with Gasteiger partial charge in [-0.1, -0.05) is 13.3 Å². The van der Waals surface area contributed by atoms with E-state index >= 15 is 0 Å². The summed E-state index contributed by atoms with van der Waals surface area (Å²) in [5.74, 6) is 0.0799. The van der Waals surface area contributed by atoms with Crippen molar-refractivity contribution >= 4 is 5.91 Å². The van der Waals surface area contributed by atoms with Gasteiger partial charge in [0.2, 0.25) is 5.91 Å². The van der Waals surface area contributed by atoms with Crippen LogP contribution in [0.2, 0.25) is 0 Å². The van der Waals surface area contributed by atoms with Crippen LogP contribution in [-0.2, 0) is 4.79 Å². The van der Waals surface area contributed by atoms with Gasteiger partial charge in [0, 0.05) is 24.5 Å². The van der Waals surface area contributed by atoms with Crippen molar-refractivity contribution in [2.75, 3.05) is 20.1 Å². The van der Waals surface area contributed by atoms with Crippen molar-refractivity contribution in [2.45, 2.75) is 58.5 Å². The predicted octanol–water partition coefficient (Wildman–Crippen LogP) is 1.35. The van der Waals surface area contributed by atoms with Gasteiger partial charge in [0.1, 0.15) is 0 Å². The minimum atomic E-state index is -0.168. The number of rotatable bonds is 7. The van der Waals surface area contributed by atoms with Crippen molar-refractivity contribution in [1.82, 2.24) is 10.2 Å². The molecule has 4 heteroatoms. The van der Waals surface area contributed by atoms with E-state index in [2.05, 4.69) is 17.1 Å². The topological polar surface area (TPSA) is 58.4 Å². The molecule has 0 radical (unpaired) electrons. The van der Waals surface area contributed by atoms with Gasteiger partial charge in [0.05, 0.1) is 0 Å². The van der Waals surface area contributed by atoms with Crippen LogP contribution in [0.3, 0.4) is 0 Å². The molecule has 4 nitrogen and oxygen atoms in total. The van der Waals surface area contributed by atoms with Crippen molar-refractivity contribution in [3.05, 3.63) is 0 Å². The molecule has 0 fully saturated rings. The number of nitrogens with two attached hydrogens (primary N) is 1. The molecule has 0 aliphatic carbocycles. The second kappa shape index (κ2) is 7.67. The van der Waals surface area contributed by atoms with Crippen LogP contribution in [-0.4, -0.2) is 42.5 Å². The summed E-state index contributed by atoms with van der Waals surface area (Å²) in [6, 6.07) is 0.142. The number of hydrogen-bond donors (Lipinski definition) is 2. The summed E-state index contributed by atoms with van der Waals surface area (Å²) in [6.45, 7) is 9.66. The fourth-order valence-corrected chi connectivity index (χ4v) is 1.69. The van der Waals surface area contributed by atoms with E-state index in [0.29, 0.717) is 13.0 Å². The highest BCUT2D eigenvalue weighted by atomic mass is 16.1. The van der Waals surface area contributed by atoms with Crippen molar-refractivity contribution in [1.29, 1.82) is 0 Å². The van der Waals surface area contributed by atoms with E-state index in [-0.39, 0.29) is 17.5 Å². The third-order valence-electron chi connectivity index (χ3n) is 2.70. The zero-order chi connectivity index (χ0) is 13.5. The second-order valence-corrected chi connectivity index (χ2v) is 5.73. The molecule has 1 unspecified atom stereocenters. The number of nitrogens with zero attached hydrogens (tertiary/aromatic N) is 1. The van der Waals surface area contributed by atoms with Crippen LogP contribution in [0.5, 0.6) is 0 Å². The van der Waals surface area contributed by atoms with E-state index in [1.165, 1.54) is 0 Å². The molecule has 0 heterocycles. The Kier molecular flexibility index (Phi) is 7.39. The Labute approximate surface area is 106 Å². The van der Waals surface area contributed by atoms with Gasteiger partial charge in [-0.2, -0.15) is 0 Å². The maximum atomic E-state index is 11.8. The molecule has 1 amide bonds. The largest absolute Gasteiger partial charge is 0.351 e. The molecular formula is C13H29N3O. The molecule has 1 atom stereocenters. The Balaban J connectivity index is 4.15. The number of carbonyl (C=O) groups excluding carboxylic acids is 1. The van der Waals surface area contributed by atoms with Gasteiger partial charge < -0.3 is 16.0 Å². The van der Waals surface area contributed by atoms with E-state index in [9.17, 15) is 4.79 Å². The van der Waals surface area contributed by atoms with Crippen molar-refractivity contribution in [3.8, 4) is 0 Å². The molecule has 0 aromatic rings. The van der Waals surface area contributed by atoms with Gasteiger partial charge in [-0.15, -0.1) is 0 Å². The van der Waals surface area contributed by atoms with Gasteiger partial charge in [-0.3, -0.25) is 4.79 Å². The molecule has 17 heavy (non-hydrogen) atoms. The van der Waals surface area contributed by atoms with E-state index in [4.69, 9.17) is 5.73 Å². The fraction of sp³-hybridized carbons (Fsp3) is 0.923. The molecule has 0 spiro atoms. The molecule has 0 aromatic carbocycles. The van der Waals surface area contributed by atoms with Crippen molar-refractivity contribution < 1.29 is 4.79 Å². The van der Waals surface area contributed by atoms with Crippen molar-refractivity contribution in [3.63, 3.8) is 0 Å². The third-order valence-corrected chi connectivity index (χ3v) is 2.70. The first-order chi connectivity index (χ1) is 7.80. The van der Waals surface area contributed by atoms with Gasteiger partial charge in [0.25, 0.3) is 0 Å². The maximum absolute atomic E-state index is 11.8. The summed E-state index contributed by atoms with van der Waals surface area (Å²) < 4.78 is 0. The van der Waals surface area contributed by atoms with Gasteiger partial charge >= 0.3 is 0 Å². The lowest BCUT2D eigenvalue weighted by Gasteiger charge is -2.28. The Morgan fingerprint density at radius 3 is 2.41 bits per heavy atom. The van der Waals surface area contributed by atoms with Crippen LogP contribution < -0.4 is 11.1 Å². The molecule has 0 saturated carbocycles. The number of likely N-dealkylation sites (N-methyl/N-ethyl adjacent to an activating group) is 1. The van der Waals surface area contributed by atoms with Crippen LogP contribution in [0.25, 0.3) is 0 Å². The van der Waals surface area contributed by atoms with Crippen LogP contribution in [0.4, 0.5) is 0 Å². The molecular weight excluding hydrogens is 214 g/mol. The summed E-state index contributed by atoms with van der Waals surface area (Å²) >= 11 is 0. The molecule has 0 aromatic heterocycles. The average Bonchev–Trinajstić information content (AvgIpc) is 2.19. The standard InChI is InChI=1S/C13H29N3O/c1-6-7-8-16(5)11(10-14)9-12(17)15-13(2,3)4/h11H,6-10,14H2,1-5H3,(H,15,17).